The second kappa shape index (κ2) is 3.96. The predicted molar refractivity (Wildman–Crippen MR) is 58.8 cm³/mol. The van der Waals surface area contributed by atoms with E-state index in [0.717, 1.165) is 36.8 Å². The zero-order valence-corrected chi connectivity index (χ0v) is 9.31. The van der Waals surface area contributed by atoms with Gasteiger partial charge < -0.3 is 19.1 Å². The summed E-state index contributed by atoms with van der Waals surface area (Å²) in [6.07, 6.45) is 0.147. The molecular weight excluding hydrogens is 206 g/mol. The summed E-state index contributed by atoms with van der Waals surface area (Å²) in [4.78, 5) is 2.28. The van der Waals surface area contributed by atoms with Gasteiger partial charge in [-0.05, 0) is 24.7 Å². The maximum Gasteiger partial charge on any atom is 0.231 e. The van der Waals surface area contributed by atoms with Gasteiger partial charge in [0.05, 0.1) is 12.7 Å². The van der Waals surface area contributed by atoms with Gasteiger partial charge in [0.2, 0.25) is 6.79 Å². The number of rotatable bonds is 1. The van der Waals surface area contributed by atoms with Crippen molar-refractivity contribution in [1.29, 1.82) is 0 Å². The van der Waals surface area contributed by atoms with Gasteiger partial charge in [-0.3, -0.25) is 0 Å². The molecule has 16 heavy (non-hydrogen) atoms. The van der Waals surface area contributed by atoms with Crippen molar-refractivity contribution in [2.75, 3.05) is 33.5 Å². The minimum Gasteiger partial charge on any atom is -0.454 e. The standard InChI is InChI=1S/C12H15NO3/c1-13-4-5-14-12(7-13)9-2-3-10-11(6-9)16-8-15-10/h2-3,6,12H,4-5,7-8H2,1H3. The Hall–Kier alpha value is -1.26. The van der Waals surface area contributed by atoms with Gasteiger partial charge in [-0.2, -0.15) is 0 Å². The molecule has 0 aliphatic carbocycles. The molecule has 0 aromatic heterocycles. The Morgan fingerprint density at radius 3 is 3.00 bits per heavy atom. The summed E-state index contributed by atoms with van der Waals surface area (Å²) in [5.41, 5.74) is 1.16. The van der Waals surface area contributed by atoms with Gasteiger partial charge in [-0.1, -0.05) is 6.07 Å². The molecule has 1 saturated heterocycles. The average molecular weight is 221 g/mol. The van der Waals surface area contributed by atoms with E-state index in [-0.39, 0.29) is 6.10 Å². The average Bonchev–Trinajstić information content (AvgIpc) is 2.75. The quantitative estimate of drug-likeness (QED) is 0.717. The van der Waals surface area contributed by atoms with Gasteiger partial charge in [0.25, 0.3) is 0 Å². The first kappa shape index (κ1) is 9.93. The SMILES string of the molecule is CN1CCOC(c2ccc3c(c2)OCO3)C1. The van der Waals surface area contributed by atoms with E-state index in [0.29, 0.717) is 6.79 Å². The third-order valence-corrected chi connectivity index (χ3v) is 3.04. The van der Waals surface area contributed by atoms with Crippen molar-refractivity contribution in [2.24, 2.45) is 0 Å². The first-order valence-electron chi connectivity index (χ1n) is 5.52. The van der Waals surface area contributed by atoms with E-state index in [2.05, 4.69) is 18.0 Å². The number of benzene rings is 1. The smallest absolute Gasteiger partial charge is 0.231 e. The lowest BCUT2D eigenvalue weighted by Crippen LogP contribution is -2.35. The minimum atomic E-state index is 0.147. The van der Waals surface area contributed by atoms with E-state index in [4.69, 9.17) is 14.2 Å². The number of likely N-dealkylation sites (N-methyl/N-ethyl adjacent to an activating group) is 1. The summed E-state index contributed by atoms with van der Waals surface area (Å²) < 4.78 is 16.4. The second-order valence-electron chi connectivity index (χ2n) is 4.23. The van der Waals surface area contributed by atoms with Crippen LogP contribution < -0.4 is 9.47 Å². The van der Waals surface area contributed by atoms with Crippen LogP contribution in [-0.4, -0.2) is 38.4 Å². The molecule has 1 atom stereocenters. The molecule has 1 unspecified atom stereocenters. The lowest BCUT2D eigenvalue weighted by atomic mass is 10.1. The molecule has 1 aromatic rings. The molecule has 0 radical (unpaired) electrons. The van der Waals surface area contributed by atoms with E-state index in [1.807, 2.05) is 12.1 Å². The summed E-state index contributed by atoms with van der Waals surface area (Å²) in [5.74, 6) is 1.65. The van der Waals surface area contributed by atoms with E-state index < -0.39 is 0 Å². The molecule has 2 aliphatic heterocycles. The molecule has 0 amide bonds. The molecule has 2 aliphatic rings. The maximum absolute atomic E-state index is 5.76. The molecule has 4 heteroatoms. The van der Waals surface area contributed by atoms with Crippen LogP contribution in [0.1, 0.15) is 11.7 Å². The summed E-state index contributed by atoms with van der Waals surface area (Å²) >= 11 is 0. The highest BCUT2D eigenvalue weighted by molar-refractivity contribution is 5.45. The normalized spacial score (nSPS) is 24.7. The molecule has 1 aromatic carbocycles. The highest BCUT2D eigenvalue weighted by Crippen LogP contribution is 2.35. The fraction of sp³-hybridized carbons (Fsp3) is 0.500. The molecule has 2 heterocycles. The molecule has 1 fully saturated rings. The van der Waals surface area contributed by atoms with Crippen LogP contribution in [0.4, 0.5) is 0 Å². The van der Waals surface area contributed by atoms with Crippen molar-refractivity contribution >= 4 is 0 Å². The lowest BCUT2D eigenvalue weighted by Gasteiger charge is -2.30. The number of ether oxygens (including phenoxy) is 3. The first-order valence-corrected chi connectivity index (χ1v) is 5.52. The van der Waals surface area contributed by atoms with E-state index >= 15 is 0 Å². The first-order chi connectivity index (χ1) is 7.83. The Balaban J connectivity index is 1.83. The molecule has 0 saturated carbocycles. The van der Waals surface area contributed by atoms with E-state index in [9.17, 15) is 0 Å². The summed E-state index contributed by atoms with van der Waals surface area (Å²) in [5, 5.41) is 0. The maximum atomic E-state index is 5.76. The van der Waals surface area contributed by atoms with Gasteiger partial charge in [-0.15, -0.1) is 0 Å². The van der Waals surface area contributed by atoms with Crippen LogP contribution in [0.2, 0.25) is 0 Å². The van der Waals surface area contributed by atoms with Crippen LogP contribution in [-0.2, 0) is 4.74 Å². The third-order valence-electron chi connectivity index (χ3n) is 3.04. The van der Waals surface area contributed by atoms with Crippen LogP contribution in [0.5, 0.6) is 11.5 Å². The van der Waals surface area contributed by atoms with Crippen LogP contribution in [0.15, 0.2) is 18.2 Å². The molecule has 0 bridgehead atoms. The molecule has 4 nitrogen and oxygen atoms in total. The number of hydrogen-bond acceptors (Lipinski definition) is 4. The summed E-state index contributed by atoms with van der Waals surface area (Å²) in [7, 11) is 2.11. The Bertz CT molecular complexity index is 394. The molecule has 86 valence electrons. The number of hydrogen-bond donors (Lipinski definition) is 0. The highest BCUT2D eigenvalue weighted by atomic mass is 16.7. The van der Waals surface area contributed by atoms with Crippen LogP contribution in [0.3, 0.4) is 0 Å². The fourth-order valence-corrected chi connectivity index (χ4v) is 2.09. The van der Waals surface area contributed by atoms with Gasteiger partial charge >= 0.3 is 0 Å². The monoisotopic (exact) mass is 221 g/mol. The zero-order valence-electron chi connectivity index (χ0n) is 9.31. The molecule has 0 N–H and O–H groups in total. The van der Waals surface area contributed by atoms with Crippen LogP contribution >= 0.6 is 0 Å². The van der Waals surface area contributed by atoms with Crippen molar-refractivity contribution in [3.63, 3.8) is 0 Å². The summed E-state index contributed by atoms with van der Waals surface area (Å²) in [6, 6.07) is 6.03. The van der Waals surface area contributed by atoms with E-state index in [1.54, 1.807) is 0 Å². The minimum absolute atomic E-state index is 0.147. The topological polar surface area (TPSA) is 30.9 Å². The number of nitrogens with zero attached hydrogens (tertiary/aromatic N) is 1. The lowest BCUT2D eigenvalue weighted by molar-refractivity contribution is -0.0209. The van der Waals surface area contributed by atoms with Crippen molar-refractivity contribution in [2.45, 2.75) is 6.10 Å². The predicted octanol–water partition coefficient (Wildman–Crippen LogP) is 1.42. The Morgan fingerprint density at radius 1 is 1.25 bits per heavy atom. The molecule has 0 spiro atoms. The van der Waals surface area contributed by atoms with Crippen molar-refractivity contribution < 1.29 is 14.2 Å². The van der Waals surface area contributed by atoms with Crippen molar-refractivity contribution in [1.82, 2.24) is 4.90 Å². The van der Waals surface area contributed by atoms with Crippen LogP contribution in [0.25, 0.3) is 0 Å². The number of fused-ring (bicyclic) bond motifs is 1. The van der Waals surface area contributed by atoms with Crippen molar-refractivity contribution in [3.8, 4) is 11.5 Å². The zero-order chi connectivity index (χ0) is 11.0. The van der Waals surface area contributed by atoms with Crippen LogP contribution in [0, 0.1) is 0 Å². The second-order valence-corrected chi connectivity index (χ2v) is 4.23. The van der Waals surface area contributed by atoms with E-state index in [1.165, 1.54) is 0 Å². The van der Waals surface area contributed by atoms with Gasteiger partial charge in [0, 0.05) is 13.1 Å². The molecule has 3 rings (SSSR count). The Kier molecular flexibility index (Phi) is 2.46. The largest absolute Gasteiger partial charge is 0.454 e. The third kappa shape index (κ3) is 1.74. The molecular formula is C12H15NO3. The summed E-state index contributed by atoms with van der Waals surface area (Å²) in [6.45, 7) is 3.04. The highest BCUT2D eigenvalue weighted by Gasteiger charge is 2.22. The Morgan fingerprint density at radius 2 is 2.12 bits per heavy atom. The van der Waals surface area contributed by atoms with Gasteiger partial charge in [0.15, 0.2) is 11.5 Å². The van der Waals surface area contributed by atoms with Gasteiger partial charge in [0.1, 0.15) is 0 Å². The number of morpholine rings is 1. The fourth-order valence-electron chi connectivity index (χ4n) is 2.09. The van der Waals surface area contributed by atoms with Gasteiger partial charge in [-0.25, -0.2) is 0 Å². The van der Waals surface area contributed by atoms with Crippen molar-refractivity contribution in [3.05, 3.63) is 23.8 Å². The Labute approximate surface area is 94.7 Å².